The molecule has 0 aromatic carbocycles. The van der Waals surface area contributed by atoms with Gasteiger partial charge in [-0.05, 0) is 5.92 Å². The molecule has 2 N–H and O–H groups in total. The van der Waals surface area contributed by atoms with E-state index in [4.69, 9.17) is 17.3 Å². The molecule has 0 saturated heterocycles. The van der Waals surface area contributed by atoms with Crippen LogP contribution in [-0.2, 0) is 0 Å². The van der Waals surface area contributed by atoms with Crippen molar-refractivity contribution in [2.75, 3.05) is 0 Å². The monoisotopic (exact) mass is 158 g/mol. The zero-order valence-corrected chi connectivity index (χ0v) is 6.67. The Kier molecular flexibility index (Phi) is 1.21. The molecule has 1 aliphatic heterocycles. The van der Waals surface area contributed by atoms with Crippen molar-refractivity contribution in [2.45, 2.75) is 24.8 Å². The van der Waals surface area contributed by atoms with Crippen LogP contribution >= 0.6 is 11.6 Å². The molecule has 1 fully saturated rings. The van der Waals surface area contributed by atoms with Gasteiger partial charge in [0.05, 0.1) is 17.3 Å². The molecule has 0 aromatic rings. The molecular formula is C7H11ClN2. The predicted octanol–water partition coefficient (Wildman–Crippen LogP) is 0.989. The third-order valence-electron chi connectivity index (χ3n) is 2.45. The number of hydrogen-bond donors (Lipinski definition) is 1. The molecule has 0 spiro atoms. The second kappa shape index (κ2) is 1.88. The molecule has 3 heteroatoms. The van der Waals surface area contributed by atoms with E-state index >= 15 is 0 Å². The molecule has 10 heavy (non-hydrogen) atoms. The minimum absolute atomic E-state index is 0.274. The summed E-state index contributed by atoms with van der Waals surface area (Å²) in [7, 11) is 0. The highest BCUT2D eigenvalue weighted by Gasteiger charge is 2.54. The van der Waals surface area contributed by atoms with Crippen molar-refractivity contribution < 1.29 is 0 Å². The molecule has 2 nitrogen and oxygen atoms in total. The standard InChI is InChI=1S/C7H11ClN2/c1-3-2-4(9)10-7-5(3)6(7)8/h3,5-7H,2H2,1H3,(H2,9,10)/t3-,5-,6+,7-/m1/s1. The van der Waals surface area contributed by atoms with Crippen LogP contribution in [0.2, 0.25) is 0 Å². The lowest BCUT2D eigenvalue weighted by molar-refractivity contribution is 0.499. The van der Waals surface area contributed by atoms with Crippen molar-refractivity contribution in [3.8, 4) is 0 Å². The lowest BCUT2D eigenvalue weighted by Gasteiger charge is -2.13. The van der Waals surface area contributed by atoms with Crippen LogP contribution in [0.25, 0.3) is 0 Å². The third kappa shape index (κ3) is 0.749. The van der Waals surface area contributed by atoms with Crippen LogP contribution < -0.4 is 5.73 Å². The lowest BCUT2D eigenvalue weighted by atomic mass is 9.99. The molecule has 1 saturated carbocycles. The van der Waals surface area contributed by atoms with Crippen molar-refractivity contribution in [3.05, 3.63) is 0 Å². The van der Waals surface area contributed by atoms with Gasteiger partial charge in [-0.2, -0.15) is 0 Å². The average Bonchev–Trinajstić information content (AvgIpc) is 2.42. The van der Waals surface area contributed by atoms with Crippen molar-refractivity contribution in [2.24, 2.45) is 22.6 Å². The Labute approximate surface area is 65.5 Å². The minimum atomic E-state index is 0.274. The first-order valence-electron chi connectivity index (χ1n) is 3.66. The topological polar surface area (TPSA) is 38.4 Å². The van der Waals surface area contributed by atoms with Gasteiger partial charge in [0.25, 0.3) is 0 Å². The van der Waals surface area contributed by atoms with Gasteiger partial charge in [0.15, 0.2) is 0 Å². The highest BCUT2D eigenvalue weighted by Crippen LogP contribution is 2.48. The van der Waals surface area contributed by atoms with Crippen LogP contribution in [0, 0.1) is 11.8 Å². The number of halogens is 1. The second-order valence-electron chi connectivity index (χ2n) is 3.31. The molecular weight excluding hydrogens is 148 g/mol. The fraction of sp³-hybridized carbons (Fsp3) is 0.857. The maximum atomic E-state index is 5.96. The summed E-state index contributed by atoms with van der Waals surface area (Å²) in [6.07, 6.45) is 0.935. The number of alkyl halides is 1. The molecule has 1 heterocycles. The van der Waals surface area contributed by atoms with Gasteiger partial charge in [-0.15, -0.1) is 11.6 Å². The number of rotatable bonds is 0. The van der Waals surface area contributed by atoms with Crippen molar-refractivity contribution in [1.82, 2.24) is 0 Å². The summed E-state index contributed by atoms with van der Waals surface area (Å²) in [6, 6.07) is 0.352. The van der Waals surface area contributed by atoms with Crippen LogP contribution in [0.3, 0.4) is 0 Å². The molecule has 4 atom stereocenters. The zero-order valence-electron chi connectivity index (χ0n) is 5.92. The van der Waals surface area contributed by atoms with E-state index < -0.39 is 0 Å². The van der Waals surface area contributed by atoms with Crippen LogP contribution in [0.1, 0.15) is 13.3 Å². The van der Waals surface area contributed by atoms with Crippen molar-refractivity contribution in [3.63, 3.8) is 0 Å². The SMILES string of the molecule is C[C@@H]1CC(N)=N[C@H]2[C@@H](Cl)[C@H]21. The number of hydrogen-bond acceptors (Lipinski definition) is 2. The molecule has 0 radical (unpaired) electrons. The van der Waals surface area contributed by atoms with E-state index in [0.29, 0.717) is 17.9 Å². The minimum Gasteiger partial charge on any atom is -0.387 e. The summed E-state index contributed by atoms with van der Waals surface area (Å²) < 4.78 is 0. The van der Waals surface area contributed by atoms with E-state index in [1.165, 1.54) is 0 Å². The van der Waals surface area contributed by atoms with Gasteiger partial charge in [-0.1, -0.05) is 6.92 Å². The zero-order chi connectivity index (χ0) is 7.30. The van der Waals surface area contributed by atoms with E-state index in [0.717, 1.165) is 12.3 Å². The van der Waals surface area contributed by atoms with Gasteiger partial charge in [-0.3, -0.25) is 4.99 Å². The van der Waals surface area contributed by atoms with E-state index in [1.54, 1.807) is 0 Å². The summed E-state index contributed by atoms with van der Waals surface area (Å²) in [5, 5.41) is 0.274. The molecule has 56 valence electrons. The molecule has 0 unspecified atom stereocenters. The van der Waals surface area contributed by atoms with Gasteiger partial charge < -0.3 is 5.73 Å². The van der Waals surface area contributed by atoms with Gasteiger partial charge in [0, 0.05) is 12.3 Å². The highest BCUT2D eigenvalue weighted by molar-refractivity contribution is 6.23. The van der Waals surface area contributed by atoms with Gasteiger partial charge in [0.1, 0.15) is 0 Å². The molecule has 2 rings (SSSR count). The molecule has 2 aliphatic rings. The normalized spacial score (nSPS) is 51.6. The van der Waals surface area contributed by atoms with Crippen LogP contribution in [0.15, 0.2) is 4.99 Å². The highest BCUT2D eigenvalue weighted by atomic mass is 35.5. The van der Waals surface area contributed by atoms with Crippen molar-refractivity contribution in [1.29, 1.82) is 0 Å². The summed E-state index contributed by atoms with van der Waals surface area (Å²) in [4.78, 5) is 4.25. The van der Waals surface area contributed by atoms with Gasteiger partial charge >= 0.3 is 0 Å². The first-order valence-corrected chi connectivity index (χ1v) is 4.10. The first-order chi connectivity index (χ1) is 4.70. The van der Waals surface area contributed by atoms with E-state index in [-0.39, 0.29) is 5.38 Å². The molecule has 0 amide bonds. The van der Waals surface area contributed by atoms with Gasteiger partial charge in [-0.25, -0.2) is 0 Å². The first kappa shape index (κ1) is 6.47. The van der Waals surface area contributed by atoms with Crippen LogP contribution in [-0.4, -0.2) is 17.3 Å². The smallest absolute Gasteiger partial charge is 0.0944 e. The Hall–Kier alpha value is -0.240. The number of nitrogens with two attached hydrogens (primary N) is 1. The maximum absolute atomic E-state index is 5.96. The summed E-state index contributed by atoms with van der Waals surface area (Å²) >= 11 is 5.96. The van der Waals surface area contributed by atoms with Gasteiger partial charge in [0.2, 0.25) is 0 Å². The fourth-order valence-electron chi connectivity index (χ4n) is 1.80. The van der Waals surface area contributed by atoms with Crippen molar-refractivity contribution >= 4 is 17.4 Å². The number of fused-ring (bicyclic) bond motifs is 1. The summed E-state index contributed by atoms with van der Waals surface area (Å²) in [5.41, 5.74) is 5.60. The summed E-state index contributed by atoms with van der Waals surface area (Å²) in [6.45, 7) is 2.20. The Morgan fingerprint density at radius 2 is 2.40 bits per heavy atom. The molecule has 1 aliphatic carbocycles. The predicted molar refractivity (Wildman–Crippen MR) is 42.3 cm³/mol. The number of aliphatic imine (C=N–C) groups is 1. The third-order valence-corrected chi connectivity index (χ3v) is 3.00. The lowest BCUT2D eigenvalue weighted by Crippen LogP contribution is -2.22. The van der Waals surface area contributed by atoms with E-state index in [9.17, 15) is 0 Å². The fourth-order valence-corrected chi connectivity index (χ4v) is 2.34. The largest absolute Gasteiger partial charge is 0.387 e. The Morgan fingerprint density at radius 3 is 3.00 bits per heavy atom. The van der Waals surface area contributed by atoms with E-state index in [1.807, 2.05) is 0 Å². The number of nitrogens with zero attached hydrogens (tertiary/aromatic N) is 1. The second-order valence-corrected chi connectivity index (χ2v) is 3.82. The van der Waals surface area contributed by atoms with E-state index in [2.05, 4.69) is 11.9 Å². The maximum Gasteiger partial charge on any atom is 0.0944 e. The summed E-state index contributed by atoms with van der Waals surface area (Å²) in [5.74, 6) is 2.05. The Balaban J connectivity index is 2.18. The molecule has 0 aromatic heterocycles. The quantitative estimate of drug-likeness (QED) is 0.525. The van der Waals surface area contributed by atoms with Crippen LogP contribution in [0.4, 0.5) is 0 Å². The Bertz CT molecular complexity index is 190. The average molecular weight is 159 g/mol. The Morgan fingerprint density at radius 1 is 1.70 bits per heavy atom. The molecule has 0 bridgehead atoms. The number of amidine groups is 1. The van der Waals surface area contributed by atoms with Crippen LogP contribution in [0.5, 0.6) is 0 Å².